The largest absolute Gasteiger partial charge is 0.439 e. The van der Waals surface area contributed by atoms with Crippen LogP contribution in [0.2, 0.25) is 0 Å². The highest BCUT2D eigenvalue weighted by Gasteiger charge is 2.14. The number of oxazole rings is 2. The first kappa shape index (κ1) is 11.7. The highest BCUT2D eigenvalue weighted by Crippen LogP contribution is 2.22. The Morgan fingerprint density at radius 1 is 1.14 bits per heavy atom. The van der Waals surface area contributed by atoms with Crippen LogP contribution >= 0.6 is 0 Å². The zero-order valence-electron chi connectivity index (χ0n) is 10.8. The van der Waals surface area contributed by atoms with Gasteiger partial charge in [-0.15, -0.1) is 0 Å². The first-order valence-electron chi connectivity index (χ1n) is 6.30. The molecule has 0 spiro atoms. The maximum Gasteiger partial charge on any atom is 0.421 e. The molecule has 104 valence electrons. The van der Waals surface area contributed by atoms with E-state index in [0.29, 0.717) is 33.9 Å². The van der Waals surface area contributed by atoms with E-state index in [1.807, 2.05) is 0 Å². The molecule has 0 aliphatic rings. The van der Waals surface area contributed by atoms with Crippen LogP contribution < -0.4 is 11.5 Å². The molecule has 4 aromatic rings. The fourth-order valence-corrected chi connectivity index (χ4v) is 2.26. The smallest absolute Gasteiger partial charge is 0.421 e. The maximum atomic E-state index is 11.9. The summed E-state index contributed by atoms with van der Waals surface area (Å²) in [6.45, 7) is 0.136. The second kappa shape index (κ2) is 4.20. The molecular weight excluding hydrogens is 272 g/mol. The molecule has 0 aliphatic heterocycles. The summed E-state index contributed by atoms with van der Waals surface area (Å²) in [5, 5.41) is 0. The van der Waals surface area contributed by atoms with Crippen molar-refractivity contribution in [3.8, 4) is 0 Å². The van der Waals surface area contributed by atoms with Gasteiger partial charge in [-0.05, 0) is 24.3 Å². The van der Waals surface area contributed by atoms with E-state index in [9.17, 15) is 4.79 Å². The van der Waals surface area contributed by atoms with E-state index in [0.717, 1.165) is 0 Å². The summed E-state index contributed by atoms with van der Waals surface area (Å²) in [7, 11) is 0. The Hall–Kier alpha value is -3.09. The van der Waals surface area contributed by atoms with Crippen LogP contribution in [0.3, 0.4) is 0 Å². The summed E-state index contributed by atoms with van der Waals surface area (Å²) in [4.78, 5) is 20.3. The van der Waals surface area contributed by atoms with Crippen LogP contribution in [0.25, 0.3) is 22.3 Å². The molecule has 4 rings (SSSR count). The number of fused-ring (bicyclic) bond motifs is 2. The summed E-state index contributed by atoms with van der Waals surface area (Å²) < 4.78 is 12.1. The molecule has 3 heterocycles. The van der Waals surface area contributed by atoms with Gasteiger partial charge in [0.05, 0.1) is 5.69 Å². The number of anilines is 1. The summed E-state index contributed by atoms with van der Waals surface area (Å²) in [5.41, 5.74) is 8.43. The van der Waals surface area contributed by atoms with Gasteiger partial charge in [0.25, 0.3) is 0 Å². The topological polar surface area (TPSA) is 100 Å². The second-order valence-electron chi connectivity index (χ2n) is 4.58. The van der Waals surface area contributed by atoms with E-state index in [4.69, 9.17) is 14.6 Å². The predicted octanol–water partition coefficient (Wildman–Crippen LogP) is 1.76. The van der Waals surface area contributed by atoms with E-state index in [1.165, 1.54) is 4.57 Å². The fourth-order valence-electron chi connectivity index (χ4n) is 2.26. The first-order chi connectivity index (χ1) is 10.2. The molecule has 7 nitrogen and oxygen atoms in total. The van der Waals surface area contributed by atoms with Gasteiger partial charge in [0.15, 0.2) is 16.8 Å². The molecule has 0 amide bonds. The molecule has 2 N–H and O–H groups in total. The zero-order valence-corrected chi connectivity index (χ0v) is 10.8. The first-order valence-corrected chi connectivity index (χ1v) is 6.30. The van der Waals surface area contributed by atoms with E-state index in [1.54, 1.807) is 36.5 Å². The van der Waals surface area contributed by atoms with Crippen LogP contribution in [-0.4, -0.2) is 14.5 Å². The summed E-state index contributed by atoms with van der Waals surface area (Å²) in [5.74, 6) is -0.128. The fraction of sp³-hybridized carbons (Fsp3) is 0.0714. The number of benzene rings is 1. The van der Waals surface area contributed by atoms with Crippen molar-refractivity contribution in [3.05, 3.63) is 53.0 Å². The molecule has 0 bridgehead atoms. The molecule has 0 aliphatic carbocycles. The van der Waals surface area contributed by atoms with Gasteiger partial charge in [0.2, 0.25) is 5.89 Å². The minimum atomic E-state index is -0.501. The van der Waals surface area contributed by atoms with Gasteiger partial charge < -0.3 is 14.6 Å². The lowest BCUT2D eigenvalue weighted by Gasteiger charge is -1.96. The molecular formula is C14H10N4O3. The van der Waals surface area contributed by atoms with Crippen LogP contribution in [0.4, 0.5) is 5.69 Å². The number of hydrogen-bond donors (Lipinski definition) is 1. The van der Waals surface area contributed by atoms with Gasteiger partial charge in [-0.3, -0.25) is 0 Å². The van der Waals surface area contributed by atoms with Crippen LogP contribution in [0, 0.1) is 0 Å². The highest BCUT2D eigenvalue weighted by atomic mass is 16.4. The molecule has 1 aromatic carbocycles. The zero-order chi connectivity index (χ0) is 14.4. The Morgan fingerprint density at radius 2 is 2.00 bits per heavy atom. The highest BCUT2D eigenvalue weighted by molar-refractivity contribution is 5.85. The lowest BCUT2D eigenvalue weighted by Crippen LogP contribution is -2.15. The molecule has 0 atom stereocenters. The van der Waals surface area contributed by atoms with Gasteiger partial charge >= 0.3 is 5.76 Å². The van der Waals surface area contributed by atoms with E-state index >= 15 is 0 Å². The van der Waals surface area contributed by atoms with Crippen LogP contribution in [0.15, 0.2) is 50.2 Å². The Morgan fingerprint density at radius 3 is 2.86 bits per heavy atom. The Kier molecular flexibility index (Phi) is 2.34. The van der Waals surface area contributed by atoms with Gasteiger partial charge in [0, 0.05) is 6.20 Å². The van der Waals surface area contributed by atoms with E-state index in [2.05, 4.69) is 9.97 Å². The number of pyridine rings is 1. The van der Waals surface area contributed by atoms with Gasteiger partial charge in [-0.1, -0.05) is 6.07 Å². The molecule has 0 saturated heterocycles. The standard InChI is InChI=1S/C14H10N4O3/c15-8-3-1-4-9-12(8)17-11(20-9)7-18-13-10(21-14(18)19)5-2-6-16-13/h1-6H,7,15H2. The van der Waals surface area contributed by atoms with Crippen molar-refractivity contribution in [3.63, 3.8) is 0 Å². The average molecular weight is 282 g/mol. The molecule has 0 unspecified atom stereocenters. The third-order valence-electron chi connectivity index (χ3n) is 3.21. The number of para-hydroxylation sites is 1. The number of nitrogens with two attached hydrogens (primary N) is 1. The minimum Gasteiger partial charge on any atom is -0.439 e. The van der Waals surface area contributed by atoms with Crippen molar-refractivity contribution in [2.45, 2.75) is 6.54 Å². The number of nitrogen functional groups attached to an aromatic ring is 1. The van der Waals surface area contributed by atoms with Gasteiger partial charge in [0.1, 0.15) is 12.1 Å². The van der Waals surface area contributed by atoms with E-state index in [-0.39, 0.29) is 6.54 Å². The minimum absolute atomic E-state index is 0.136. The normalized spacial score (nSPS) is 11.4. The summed E-state index contributed by atoms with van der Waals surface area (Å²) >= 11 is 0. The summed E-state index contributed by atoms with van der Waals surface area (Å²) in [6, 6.07) is 8.69. The van der Waals surface area contributed by atoms with E-state index < -0.39 is 5.76 Å². The molecule has 0 radical (unpaired) electrons. The second-order valence-corrected chi connectivity index (χ2v) is 4.58. The molecule has 21 heavy (non-hydrogen) atoms. The van der Waals surface area contributed by atoms with Gasteiger partial charge in [-0.25, -0.2) is 19.3 Å². The number of hydrogen-bond acceptors (Lipinski definition) is 6. The van der Waals surface area contributed by atoms with Crippen molar-refractivity contribution in [1.29, 1.82) is 0 Å². The molecule has 7 heteroatoms. The van der Waals surface area contributed by atoms with Crippen molar-refractivity contribution in [1.82, 2.24) is 14.5 Å². The molecule has 0 saturated carbocycles. The van der Waals surface area contributed by atoms with Gasteiger partial charge in [-0.2, -0.15) is 0 Å². The number of nitrogens with zero attached hydrogens (tertiary/aromatic N) is 3. The monoisotopic (exact) mass is 282 g/mol. The quantitative estimate of drug-likeness (QED) is 0.562. The average Bonchev–Trinajstić information content (AvgIpc) is 3.02. The SMILES string of the molecule is Nc1cccc2oc(Cn3c(=O)oc4cccnc43)nc12. The molecule has 0 fully saturated rings. The maximum absolute atomic E-state index is 11.9. The molecule has 3 aromatic heterocycles. The lowest BCUT2D eigenvalue weighted by molar-refractivity contribution is 0.472. The van der Waals surface area contributed by atoms with Crippen molar-refractivity contribution in [2.24, 2.45) is 0 Å². The summed E-state index contributed by atoms with van der Waals surface area (Å²) in [6.07, 6.45) is 1.60. The Bertz CT molecular complexity index is 1010. The predicted molar refractivity (Wildman–Crippen MR) is 75.8 cm³/mol. The van der Waals surface area contributed by atoms with Crippen molar-refractivity contribution in [2.75, 3.05) is 5.73 Å². The number of rotatable bonds is 2. The van der Waals surface area contributed by atoms with Crippen LogP contribution in [0.1, 0.15) is 5.89 Å². The van der Waals surface area contributed by atoms with Crippen LogP contribution in [-0.2, 0) is 6.54 Å². The van der Waals surface area contributed by atoms with Crippen LogP contribution in [0.5, 0.6) is 0 Å². The lowest BCUT2D eigenvalue weighted by atomic mass is 10.3. The number of aromatic nitrogens is 3. The third-order valence-corrected chi connectivity index (χ3v) is 3.21. The Labute approximate surface area is 117 Å². The van der Waals surface area contributed by atoms with Crippen molar-refractivity contribution >= 4 is 28.0 Å². The third kappa shape index (κ3) is 1.78. The Balaban J connectivity index is 1.85. The van der Waals surface area contributed by atoms with Crippen molar-refractivity contribution < 1.29 is 8.83 Å².